The van der Waals surface area contributed by atoms with Gasteiger partial charge in [0.25, 0.3) is 0 Å². The molecule has 0 aromatic rings. The minimum atomic E-state index is -0.248. The van der Waals surface area contributed by atoms with Crippen molar-refractivity contribution < 1.29 is 9.53 Å². The highest BCUT2D eigenvalue weighted by molar-refractivity contribution is 5.73. The largest absolute Gasteiger partial charge is 0.377 e. The van der Waals surface area contributed by atoms with E-state index in [0.29, 0.717) is 6.42 Å². The van der Waals surface area contributed by atoms with Crippen molar-refractivity contribution in [2.45, 2.75) is 31.3 Å². The van der Waals surface area contributed by atoms with E-state index in [2.05, 4.69) is 5.32 Å². The fraction of sp³-hybridized carbons (Fsp3) is 0.889. The van der Waals surface area contributed by atoms with E-state index in [0.717, 1.165) is 32.4 Å². The van der Waals surface area contributed by atoms with Gasteiger partial charge in [-0.05, 0) is 25.8 Å². The van der Waals surface area contributed by atoms with Crippen LogP contribution in [0.2, 0.25) is 0 Å². The SMILES string of the molecule is COC1(CCC(N)=O)CCCNC1. The number of carbonyl (C=O) groups is 1. The lowest BCUT2D eigenvalue weighted by molar-refractivity contribution is -0.120. The fourth-order valence-electron chi connectivity index (χ4n) is 1.78. The third-order valence-corrected chi connectivity index (χ3v) is 2.69. The molecule has 1 saturated heterocycles. The summed E-state index contributed by atoms with van der Waals surface area (Å²) in [5.41, 5.74) is 4.95. The van der Waals surface area contributed by atoms with Gasteiger partial charge in [0.2, 0.25) is 5.91 Å². The Hall–Kier alpha value is -0.610. The van der Waals surface area contributed by atoms with Gasteiger partial charge in [0, 0.05) is 20.1 Å². The summed E-state index contributed by atoms with van der Waals surface area (Å²) in [5.74, 6) is -0.248. The van der Waals surface area contributed by atoms with Crippen LogP contribution in [-0.4, -0.2) is 31.7 Å². The monoisotopic (exact) mass is 186 g/mol. The van der Waals surface area contributed by atoms with Crippen LogP contribution in [0.5, 0.6) is 0 Å². The number of amides is 1. The molecule has 3 N–H and O–H groups in total. The van der Waals surface area contributed by atoms with Gasteiger partial charge < -0.3 is 15.8 Å². The van der Waals surface area contributed by atoms with Crippen LogP contribution in [0.4, 0.5) is 0 Å². The van der Waals surface area contributed by atoms with E-state index in [9.17, 15) is 4.79 Å². The number of ether oxygens (including phenoxy) is 1. The van der Waals surface area contributed by atoms with Crippen molar-refractivity contribution in [3.05, 3.63) is 0 Å². The molecule has 0 saturated carbocycles. The van der Waals surface area contributed by atoms with Crippen LogP contribution in [0.3, 0.4) is 0 Å². The quantitative estimate of drug-likeness (QED) is 0.650. The molecule has 0 spiro atoms. The molecule has 1 heterocycles. The molecule has 1 fully saturated rings. The Morgan fingerprint density at radius 1 is 1.69 bits per heavy atom. The lowest BCUT2D eigenvalue weighted by Gasteiger charge is -2.36. The molecule has 76 valence electrons. The number of primary amides is 1. The summed E-state index contributed by atoms with van der Waals surface area (Å²) < 4.78 is 5.46. The van der Waals surface area contributed by atoms with Crippen molar-refractivity contribution in [2.75, 3.05) is 20.2 Å². The van der Waals surface area contributed by atoms with E-state index >= 15 is 0 Å². The maximum Gasteiger partial charge on any atom is 0.217 e. The van der Waals surface area contributed by atoms with Gasteiger partial charge in [-0.1, -0.05) is 0 Å². The molecule has 0 bridgehead atoms. The zero-order valence-corrected chi connectivity index (χ0v) is 8.14. The number of hydrogen-bond acceptors (Lipinski definition) is 3. The van der Waals surface area contributed by atoms with Crippen molar-refractivity contribution in [2.24, 2.45) is 5.73 Å². The summed E-state index contributed by atoms with van der Waals surface area (Å²) in [6, 6.07) is 0. The molecule has 13 heavy (non-hydrogen) atoms. The van der Waals surface area contributed by atoms with E-state index in [1.165, 1.54) is 0 Å². The molecule has 1 rings (SSSR count). The Morgan fingerprint density at radius 3 is 2.92 bits per heavy atom. The van der Waals surface area contributed by atoms with Gasteiger partial charge in [-0.3, -0.25) is 4.79 Å². The lowest BCUT2D eigenvalue weighted by atomic mass is 9.89. The van der Waals surface area contributed by atoms with Crippen LogP contribution in [-0.2, 0) is 9.53 Å². The molecule has 1 unspecified atom stereocenters. The number of methoxy groups -OCH3 is 1. The zero-order valence-electron chi connectivity index (χ0n) is 8.14. The zero-order chi connectivity index (χ0) is 9.73. The van der Waals surface area contributed by atoms with Gasteiger partial charge in [0.05, 0.1) is 5.60 Å². The number of nitrogens with two attached hydrogens (primary N) is 1. The van der Waals surface area contributed by atoms with Crippen LogP contribution in [0, 0.1) is 0 Å². The molecule has 0 aliphatic carbocycles. The predicted molar refractivity (Wildman–Crippen MR) is 50.3 cm³/mol. The maximum atomic E-state index is 10.6. The molecule has 1 aliphatic rings. The standard InChI is InChI=1S/C9H18N2O2/c1-13-9(5-3-8(10)12)4-2-6-11-7-9/h11H,2-7H2,1H3,(H2,10,12). The molecule has 4 heteroatoms. The van der Waals surface area contributed by atoms with E-state index in [1.54, 1.807) is 7.11 Å². The Kier molecular flexibility index (Phi) is 3.69. The summed E-state index contributed by atoms with van der Waals surface area (Å²) >= 11 is 0. The minimum absolute atomic E-state index is 0.159. The van der Waals surface area contributed by atoms with Gasteiger partial charge in [-0.25, -0.2) is 0 Å². The van der Waals surface area contributed by atoms with Crippen molar-refractivity contribution in [1.82, 2.24) is 5.32 Å². The summed E-state index contributed by atoms with van der Waals surface area (Å²) in [4.78, 5) is 10.6. The van der Waals surface area contributed by atoms with Gasteiger partial charge in [-0.15, -0.1) is 0 Å². The Balaban J connectivity index is 2.42. The third-order valence-electron chi connectivity index (χ3n) is 2.69. The first-order chi connectivity index (χ1) is 6.18. The average molecular weight is 186 g/mol. The number of hydrogen-bond donors (Lipinski definition) is 2. The average Bonchev–Trinajstić information content (AvgIpc) is 2.16. The molecule has 1 amide bonds. The van der Waals surface area contributed by atoms with Crippen molar-refractivity contribution >= 4 is 5.91 Å². The molecule has 1 aliphatic heterocycles. The van der Waals surface area contributed by atoms with Gasteiger partial charge in [-0.2, -0.15) is 0 Å². The molecule has 0 radical (unpaired) electrons. The number of nitrogens with one attached hydrogen (secondary N) is 1. The van der Waals surface area contributed by atoms with Crippen LogP contribution < -0.4 is 11.1 Å². The third kappa shape index (κ3) is 2.97. The number of rotatable bonds is 4. The van der Waals surface area contributed by atoms with Crippen molar-refractivity contribution in [3.8, 4) is 0 Å². The summed E-state index contributed by atoms with van der Waals surface area (Å²) in [6.07, 6.45) is 3.26. The van der Waals surface area contributed by atoms with Gasteiger partial charge >= 0.3 is 0 Å². The molecule has 0 aromatic heterocycles. The highest BCUT2D eigenvalue weighted by Crippen LogP contribution is 2.25. The number of carbonyl (C=O) groups excluding carboxylic acids is 1. The predicted octanol–water partition coefficient (Wildman–Crippen LogP) is 0.0205. The highest BCUT2D eigenvalue weighted by Gasteiger charge is 2.31. The fourth-order valence-corrected chi connectivity index (χ4v) is 1.78. The summed E-state index contributed by atoms with van der Waals surface area (Å²) in [7, 11) is 1.70. The molecular formula is C9H18N2O2. The molecule has 0 aromatic carbocycles. The topological polar surface area (TPSA) is 64.3 Å². The van der Waals surface area contributed by atoms with Crippen LogP contribution in [0.1, 0.15) is 25.7 Å². The lowest BCUT2D eigenvalue weighted by Crippen LogP contribution is -2.47. The molecule has 4 nitrogen and oxygen atoms in total. The maximum absolute atomic E-state index is 10.6. The first-order valence-electron chi connectivity index (χ1n) is 4.73. The minimum Gasteiger partial charge on any atom is -0.377 e. The Morgan fingerprint density at radius 2 is 2.46 bits per heavy atom. The number of piperidine rings is 1. The van der Waals surface area contributed by atoms with E-state index in [4.69, 9.17) is 10.5 Å². The molecular weight excluding hydrogens is 168 g/mol. The van der Waals surface area contributed by atoms with Crippen molar-refractivity contribution in [1.29, 1.82) is 0 Å². The summed E-state index contributed by atoms with van der Waals surface area (Å²) in [6.45, 7) is 1.87. The first-order valence-corrected chi connectivity index (χ1v) is 4.73. The van der Waals surface area contributed by atoms with Gasteiger partial charge in [0.15, 0.2) is 0 Å². The first kappa shape index (κ1) is 10.5. The Bertz CT molecular complexity index is 176. The second-order valence-corrected chi connectivity index (χ2v) is 3.63. The summed E-state index contributed by atoms with van der Waals surface area (Å²) in [5, 5.41) is 3.27. The Labute approximate surface area is 78.8 Å². The second-order valence-electron chi connectivity index (χ2n) is 3.63. The van der Waals surface area contributed by atoms with E-state index in [-0.39, 0.29) is 11.5 Å². The van der Waals surface area contributed by atoms with Crippen molar-refractivity contribution in [3.63, 3.8) is 0 Å². The van der Waals surface area contributed by atoms with Gasteiger partial charge in [0.1, 0.15) is 0 Å². The smallest absolute Gasteiger partial charge is 0.217 e. The van der Waals surface area contributed by atoms with Crippen LogP contribution in [0.15, 0.2) is 0 Å². The van der Waals surface area contributed by atoms with E-state index in [1.807, 2.05) is 0 Å². The van der Waals surface area contributed by atoms with Crippen LogP contribution >= 0.6 is 0 Å². The van der Waals surface area contributed by atoms with Crippen LogP contribution in [0.25, 0.3) is 0 Å². The normalized spacial score (nSPS) is 28.7. The molecule has 1 atom stereocenters. The van der Waals surface area contributed by atoms with E-state index < -0.39 is 0 Å². The second kappa shape index (κ2) is 4.58. The highest BCUT2D eigenvalue weighted by atomic mass is 16.5.